The van der Waals surface area contributed by atoms with Gasteiger partial charge in [-0.3, -0.25) is 4.79 Å². The highest BCUT2D eigenvalue weighted by atomic mass is 16.4. The van der Waals surface area contributed by atoms with Crippen molar-refractivity contribution in [2.24, 2.45) is 5.73 Å². The van der Waals surface area contributed by atoms with Crippen LogP contribution < -0.4 is 10.6 Å². The molecule has 0 fully saturated rings. The number of carboxylic acid groups (broad SMARTS) is 1. The van der Waals surface area contributed by atoms with Crippen LogP contribution in [0.2, 0.25) is 0 Å². The highest BCUT2D eigenvalue weighted by Crippen LogP contribution is 2.20. The summed E-state index contributed by atoms with van der Waals surface area (Å²) in [5, 5.41) is 8.55. The van der Waals surface area contributed by atoms with E-state index in [0.717, 1.165) is 11.3 Å². The predicted molar refractivity (Wildman–Crippen MR) is 69.2 cm³/mol. The van der Waals surface area contributed by atoms with Crippen LogP contribution in [0, 0.1) is 0 Å². The van der Waals surface area contributed by atoms with Gasteiger partial charge in [0.25, 0.3) is 0 Å². The van der Waals surface area contributed by atoms with Crippen LogP contribution in [-0.4, -0.2) is 25.2 Å². The first-order valence-corrected chi connectivity index (χ1v) is 5.75. The Morgan fingerprint density at radius 1 is 1.35 bits per heavy atom. The van der Waals surface area contributed by atoms with Gasteiger partial charge in [0.15, 0.2) is 0 Å². The Labute approximate surface area is 102 Å². The van der Waals surface area contributed by atoms with Crippen molar-refractivity contribution >= 4 is 11.7 Å². The first-order chi connectivity index (χ1) is 8.00. The number of benzene rings is 1. The summed E-state index contributed by atoms with van der Waals surface area (Å²) in [5.74, 6) is -0.764. The fourth-order valence-corrected chi connectivity index (χ4v) is 1.66. The van der Waals surface area contributed by atoms with Gasteiger partial charge in [0.05, 0.1) is 0 Å². The van der Waals surface area contributed by atoms with E-state index >= 15 is 0 Å². The van der Waals surface area contributed by atoms with Crippen molar-refractivity contribution in [3.63, 3.8) is 0 Å². The van der Waals surface area contributed by atoms with Crippen LogP contribution in [0.3, 0.4) is 0 Å². The molecule has 17 heavy (non-hydrogen) atoms. The Hall–Kier alpha value is -1.55. The van der Waals surface area contributed by atoms with Crippen LogP contribution in [0.15, 0.2) is 24.3 Å². The highest BCUT2D eigenvalue weighted by Gasteiger charge is 2.07. The highest BCUT2D eigenvalue weighted by molar-refractivity contribution is 5.66. The number of rotatable bonds is 6. The minimum Gasteiger partial charge on any atom is -0.481 e. The average Bonchev–Trinajstić information content (AvgIpc) is 2.28. The SMILES string of the molecule is CN(C)c1ccc(C(N)CCCC(=O)O)cc1. The van der Waals surface area contributed by atoms with Gasteiger partial charge in [-0.2, -0.15) is 0 Å². The monoisotopic (exact) mass is 236 g/mol. The van der Waals surface area contributed by atoms with E-state index in [2.05, 4.69) is 0 Å². The van der Waals surface area contributed by atoms with Crippen molar-refractivity contribution in [2.45, 2.75) is 25.3 Å². The Bertz CT molecular complexity index is 360. The van der Waals surface area contributed by atoms with Crippen molar-refractivity contribution in [1.82, 2.24) is 0 Å². The van der Waals surface area contributed by atoms with E-state index in [1.54, 1.807) is 0 Å². The van der Waals surface area contributed by atoms with E-state index in [-0.39, 0.29) is 12.5 Å². The molecule has 4 nitrogen and oxygen atoms in total. The number of aliphatic carboxylic acids is 1. The molecule has 0 heterocycles. The fourth-order valence-electron chi connectivity index (χ4n) is 1.66. The van der Waals surface area contributed by atoms with Gasteiger partial charge in [-0.15, -0.1) is 0 Å². The summed E-state index contributed by atoms with van der Waals surface area (Å²) in [6.07, 6.45) is 1.50. The maximum absolute atomic E-state index is 10.4. The van der Waals surface area contributed by atoms with Crippen LogP contribution in [0.4, 0.5) is 5.69 Å². The number of nitrogens with two attached hydrogens (primary N) is 1. The molecule has 1 aromatic rings. The van der Waals surface area contributed by atoms with Gasteiger partial charge in [-0.25, -0.2) is 0 Å². The normalized spacial score (nSPS) is 12.2. The van der Waals surface area contributed by atoms with Gasteiger partial charge in [0.2, 0.25) is 0 Å². The summed E-state index contributed by atoms with van der Waals surface area (Å²) < 4.78 is 0. The summed E-state index contributed by atoms with van der Waals surface area (Å²) in [7, 11) is 3.98. The minimum absolute atomic E-state index is 0.0782. The van der Waals surface area contributed by atoms with Crippen molar-refractivity contribution < 1.29 is 9.90 Å². The molecule has 1 atom stereocenters. The fraction of sp³-hybridized carbons (Fsp3) is 0.462. The molecule has 0 aliphatic heterocycles. The molecule has 1 aromatic carbocycles. The molecule has 0 saturated heterocycles. The van der Waals surface area contributed by atoms with Crippen molar-refractivity contribution in [1.29, 1.82) is 0 Å². The molecule has 0 aliphatic carbocycles. The second kappa shape index (κ2) is 6.25. The lowest BCUT2D eigenvalue weighted by molar-refractivity contribution is -0.137. The summed E-state index contributed by atoms with van der Waals surface area (Å²) in [6, 6.07) is 7.96. The van der Waals surface area contributed by atoms with Crippen LogP contribution in [-0.2, 0) is 4.79 Å². The van der Waals surface area contributed by atoms with Gasteiger partial charge in [0, 0.05) is 32.2 Å². The molecule has 94 valence electrons. The van der Waals surface area contributed by atoms with Crippen LogP contribution in [0.5, 0.6) is 0 Å². The van der Waals surface area contributed by atoms with Gasteiger partial charge >= 0.3 is 5.97 Å². The van der Waals surface area contributed by atoms with Gasteiger partial charge in [-0.05, 0) is 30.5 Å². The minimum atomic E-state index is -0.764. The Balaban J connectivity index is 2.51. The molecule has 0 saturated carbocycles. The third-order valence-corrected chi connectivity index (χ3v) is 2.74. The smallest absolute Gasteiger partial charge is 0.303 e. The lowest BCUT2D eigenvalue weighted by atomic mass is 10.0. The molecular weight excluding hydrogens is 216 g/mol. The topological polar surface area (TPSA) is 66.6 Å². The standard InChI is InChI=1S/C13H20N2O2/c1-15(2)11-8-6-10(7-9-11)12(14)4-3-5-13(16)17/h6-9,12H,3-5,14H2,1-2H3,(H,16,17). The van der Waals surface area contributed by atoms with Gasteiger partial charge in [-0.1, -0.05) is 12.1 Å². The Morgan fingerprint density at radius 2 is 1.94 bits per heavy atom. The number of carboxylic acids is 1. The molecule has 3 N–H and O–H groups in total. The van der Waals surface area contributed by atoms with Gasteiger partial charge in [0.1, 0.15) is 0 Å². The zero-order chi connectivity index (χ0) is 12.8. The largest absolute Gasteiger partial charge is 0.481 e. The van der Waals surface area contributed by atoms with E-state index < -0.39 is 5.97 Å². The van der Waals surface area contributed by atoms with Crippen LogP contribution >= 0.6 is 0 Å². The second-order valence-electron chi connectivity index (χ2n) is 4.38. The summed E-state index contributed by atoms with van der Waals surface area (Å²) in [6.45, 7) is 0. The molecule has 0 bridgehead atoms. The van der Waals surface area contributed by atoms with Crippen LogP contribution in [0.25, 0.3) is 0 Å². The number of carbonyl (C=O) groups is 1. The zero-order valence-electron chi connectivity index (χ0n) is 10.4. The van der Waals surface area contributed by atoms with Crippen LogP contribution in [0.1, 0.15) is 30.9 Å². The Morgan fingerprint density at radius 3 is 2.41 bits per heavy atom. The Kier molecular flexibility index (Phi) is 4.97. The molecule has 1 unspecified atom stereocenters. The maximum atomic E-state index is 10.4. The van der Waals surface area contributed by atoms with Crippen molar-refractivity contribution in [2.75, 3.05) is 19.0 Å². The predicted octanol–water partition coefficient (Wildman–Crippen LogP) is 2.01. The quantitative estimate of drug-likeness (QED) is 0.793. The number of hydrogen-bond acceptors (Lipinski definition) is 3. The van der Waals surface area contributed by atoms with Crippen molar-refractivity contribution in [3.8, 4) is 0 Å². The zero-order valence-corrected chi connectivity index (χ0v) is 10.4. The maximum Gasteiger partial charge on any atom is 0.303 e. The first kappa shape index (κ1) is 13.5. The van der Waals surface area contributed by atoms with E-state index in [1.165, 1.54) is 0 Å². The molecule has 4 heteroatoms. The molecule has 1 rings (SSSR count). The lowest BCUT2D eigenvalue weighted by Crippen LogP contribution is -2.12. The van der Waals surface area contributed by atoms with E-state index in [0.29, 0.717) is 12.8 Å². The summed E-state index contributed by atoms with van der Waals surface area (Å²) in [5.41, 5.74) is 8.19. The lowest BCUT2D eigenvalue weighted by Gasteiger charge is -2.15. The molecular formula is C13H20N2O2. The number of nitrogens with zero attached hydrogens (tertiary/aromatic N) is 1. The summed E-state index contributed by atoms with van der Waals surface area (Å²) >= 11 is 0. The molecule has 0 spiro atoms. The molecule has 0 radical (unpaired) electrons. The number of anilines is 1. The summed E-state index contributed by atoms with van der Waals surface area (Å²) in [4.78, 5) is 12.4. The molecule has 0 amide bonds. The average molecular weight is 236 g/mol. The van der Waals surface area contributed by atoms with Gasteiger partial charge < -0.3 is 15.7 Å². The second-order valence-corrected chi connectivity index (χ2v) is 4.38. The molecule has 0 aliphatic rings. The first-order valence-electron chi connectivity index (χ1n) is 5.75. The third kappa shape index (κ3) is 4.44. The van der Waals surface area contributed by atoms with E-state index in [1.807, 2.05) is 43.3 Å². The van der Waals surface area contributed by atoms with E-state index in [9.17, 15) is 4.79 Å². The van der Waals surface area contributed by atoms with E-state index in [4.69, 9.17) is 10.8 Å². The van der Waals surface area contributed by atoms with Crippen molar-refractivity contribution in [3.05, 3.63) is 29.8 Å². The third-order valence-electron chi connectivity index (χ3n) is 2.74. The number of hydrogen-bond donors (Lipinski definition) is 2. The molecule has 0 aromatic heterocycles.